The van der Waals surface area contributed by atoms with E-state index in [0.717, 1.165) is 36.9 Å². The summed E-state index contributed by atoms with van der Waals surface area (Å²) in [5.41, 5.74) is 2.51. The van der Waals surface area contributed by atoms with E-state index in [1.54, 1.807) is 0 Å². The van der Waals surface area contributed by atoms with Crippen LogP contribution < -0.4 is 4.90 Å². The molecule has 1 aliphatic rings. The van der Waals surface area contributed by atoms with Gasteiger partial charge in [-0.25, -0.2) is 0 Å². The van der Waals surface area contributed by atoms with E-state index >= 15 is 0 Å². The predicted octanol–water partition coefficient (Wildman–Crippen LogP) is 2.90. The standard InChI is InChI=1S/C21H25BrN2O/c1-23(14-17-8-3-2-4-9-17)21(25)19-11-7-13-24(16-19)15-18-10-5-6-12-20(18)22/h2-6,8-10,12,19H,7,11,13-16H2,1H3/p+1/t19-/m0/s1. The Morgan fingerprint density at radius 3 is 2.64 bits per heavy atom. The average Bonchev–Trinajstić information content (AvgIpc) is 2.64. The number of rotatable bonds is 5. The number of hydrogen-bond acceptors (Lipinski definition) is 1. The molecule has 0 aromatic heterocycles. The second kappa shape index (κ2) is 8.63. The van der Waals surface area contributed by atoms with Crippen LogP contribution in [-0.4, -0.2) is 30.9 Å². The van der Waals surface area contributed by atoms with Crippen LogP contribution in [0.25, 0.3) is 0 Å². The van der Waals surface area contributed by atoms with Gasteiger partial charge in [0.2, 0.25) is 5.91 Å². The molecule has 1 N–H and O–H groups in total. The first-order valence-electron chi connectivity index (χ1n) is 8.99. The molecule has 0 spiro atoms. The van der Waals surface area contributed by atoms with Gasteiger partial charge in [0.1, 0.15) is 6.54 Å². The van der Waals surface area contributed by atoms with Crippen LogP contribution in [-0.2, 0) is 17.9 Å². The molecule has 0 radical (unpaired) electrons. The monoisotopic (exact) mass is 401 g/mol. The highest BCUT2D eigenvalue weighted by Crippen LogP contribution is 2.16. The van der Waals surface area contributed by atoms with E-state index in [9.17, 15) is 4.79 Å². The van der Waals surface area contributed by atoms with Crippen LogP contribution in [0.4, 0.5) is 0 Å². The topological polar surface area (TPSA) is 24.8 Å². The average molecular weight is 402 g/mol. The molecular weight excluding hydrogens is 376 g/mol. The summed E-state index contributed by atoms with van der Waals surface area (Å²) in [4.78, 5) is 16.3. The molecule has 1 amide bonds. The lowest BCUT2D eigenvalue weighted by atomic mass is 9.96. The number of nitrogens with one attached hydrogen (secondary N) is 1. The summed E-state index contributed by atoms with van der Waals surface area (Å²) in [6.07, 6.45) is 2.13. The molecule has 1 heterocycles. The van der Waals surface area contributed by atoms with Crippen molar-refractivity contribution in [3.05, 3.63) is 70.2 Å². The molecule has 2 aromatic rings. The summed E-state index contributed by atoms with van der Waals surface area (Å²) >= 11 is 3.64. The van der Waals surface area contributed by atoms with Crippen LogP contribution in [0, 0.1) is 5.92 Å². The van der Waals surface area contributed by atoms with Gasteiger partial charge in [-0.1, -0.05) is 64.5 Å². The lowest BCUT2D eigenvalue weighted by Gasteiger charge is -2.31. The first kappa shape index (κ1) is 18.2. The maximum atomic E-state index is 12.9. The van der Waals surface area contributed by atoms with E-state index in [1.165, 1.54) is 16.0 Å². The van der Waals surface area contributed by atoms with Gasteiger partial charge in [-0.05, 0) is 24.5 Å². The summed E-state index contributed by atoms with van der Waals surface area (Å²) in [6, 6.07) is 18.6. The molecule has 4 heteroatoms. The Balaban J connectivity index is 1.58. The summed E-state index contributed by atoms with van der Waals surface area (Å²) in [5.74, 6) is 0.424. The fourth-order valence-corrected chi connectivity index (χ4v) is 4.11. The molecule has 0 saturated carbocycles. The zero-order valence-corrected chi connectivity index (χ0v) is 16.3. The third-order valence-electron chi connectivity index (χ3n) is 5.00. The third kappa shape index (κ3) is 4.93. The zero-order valence-electron chi connectivity index (χ0n) is 14.7. The Hall–Kier alpha value is -1.65. The van der Waals surface area contributed by atoms with Gasteiger partial charge in [-0.2, -0.15) is 0 Å². The Labute approximate surface area is 158 Å². The van der Waals surface area contributed by atoms with Gasteiger partial charge in [-0.3, -0.25) is 4.79 Å². The number of carbonyl (C=O) groups excluding carboxylic acids is 1. The first-order valence-corrected chi connectivity index (χ1v) is 9.78. The summed E-state index contributed by atoms with van der Waals surface area (Å²) in [5, 5.41) is 0. The molecule has 3 rings (SSSR count). The molecule has 132 valence electrons. The van der Waals surface area contributed by atoms with E-state index in [-0.39, 0.29) is 11.8 Å². The third-order valence-corrected chi connectivity index (χ3v) is 5.78. The highest BCUT2D eigenvalue weighted by molar-refractivity contribution is 9.10. The van der Waals surface area contributed by atoms with Gasteiger partial charge in [0.15, 0.2) is 0 Å². The molecule has 0 aliphatic carbocycles. The number of hydrogen-bond donors (Lipinski definition) is 1. The van der Waals surface area contributed by atoms with Gasteiger partial charge in [0.25, 0.3) is 0 Å². The minimum Gasteiger partial charge on any atom is -0.341 e. The van der Waals surface area contributed by atoms with Crippen LogP contribution in [0.3, 0.4) is 0 Å². The van der Waals surface area contributed by atoms with Crippen molar-refractivity contribution in [2.45, 2.75) is 25.9 Å². The Morgan fingerprint density at radius 1 is 1.16 bits per heavy atom. The molecule has 3 nitrogen and oxygen atoms in total. The number of likely N-dealkylation sites (tertiary alicyclic amines) is 1. The minimum absolute atomic E-state index is 0.139. The van der Waals surface area contributed by atoms with E-state index in [0.29, 0.717) is 6.54 Å². The van der Waals surface area contributed by atoms with Crippen LogP contribution in [0.15, 0.2) is 59.1 Å². The van der Waals surface area contributed by atoms with Crippen molar-refractivity contribution in [1.82, 2.24) is 4.90 Å². The molecule has 1 aliphatic heterocycles. The maximum Gasteiger partial charge on any atom is 0.231 e. The second-order valence-electron chi connectivity index (χ2n) is 6.99. The Morgan fingerprint density at radius 2 is 1.88 bits per heavy atom. The summed E-state index contributed by atoms with van der Waals surface area (Å²) < 4.78 is 1.16. The molecule has 1 saturated heterocycles. The Kier molecular flexibility index (Phi) is 6.27. The number of piperidine rings is 1. The van der Waals surface area contributed by atoms with Crippen molar-refractivity contribution in [2.24, 2.45) is 5.92 Å². The number of amides is 1. The molecule has 25 heavy (non-hydrogen) atoms. The molecule has 0 bridgehead atoms. The summed E-state index contributed by atoms with van der Waals surface area (Å²) in [6.45, 7) is 3.75. The second-order valence-corrected chi connectivity index (χ2v) is 7.85. The smallest absolute Gasteiger partial charge is 0.231 e. The first-order chi connectivity index (χ1) is 12.1. The van der Waals surface area contributed by atoms with Crippen molar-refractivity contribution >= 4 is 21.8 Å². The number of carbonyl (C=O) groups is 1. The molecular formula is C21H26BrN2O+. The van der Waals surface area contributed by atoms with E-state index < -0.39 is 0 Å². The van der Waals surface area contributed by atoms with Gasteiger partial charge in [-0.15, -0.1) is 0 Å². The van der Waals surface area contributed by atoms with Crippen molar-refractivity contribution in [1.29, 1.82) is 0 Å². The molecule has 1 unspecified atom stereocenters. The van der Waals surface area contributed by atoms with Crippen molar-refractivity contribution in [2.75, 3.05) is 20.1 Å². The quantitative estimate of drug-likeness (QED) is 0.818. The van der Waals surface area contributed by atoms with E-state index in [4.69, 9.17) is 0 Å². The van der Waals surface area contributed by atoms with Gasteiger partial charge in [0, 0.05) is 23.6 Å². The Bertz CT molecular complexity index is 704. The number of quaternary nitrogens is 1. The fourth-order valence-electron chi connectivity index (χ4n) is 3.68. The summed E-state index contributed by atoms with van der Waals surface area (Å²) in [7, 11) is 1.93. The number of nitrogens with zero attached hydrogens (tertiary/aromatic N) is 1. The van der Waals surface area contributed by atoms with E-state index in [1.807, 2.05) is 36.2 Å². The highest BCUT2D eigenvalue weighted by Gasteiger charge is 2.30. The van der Waals surface area contributed by atoms with E-state index in [2.05, 4.69) is 46.3 Å². The molecule has 2 atom stereocenters. The highest BCUT2D eigenvalue weighted by atomic mass is 79.9. The van der Waals surface area contributed by atoms with Gasteiger partial charge in [0.05, 0.1) is 19.0 Å². The lowest BCUT2D eigenvalue weighted by Crippen LogP contribution is -3.12. The minimum atomic E-state index is 0.139. The molecule has 1 fully saturated rings. The van der Waals surface area contributed by atoms with Crippen LogP contribution in [0.2, 0.25) is 0 Å². The predicted molar refractivity (Wildman–Crippen MR) is 104 cm³/mol. The normalized spacial score (nSPS) is 20.2. The van der Waals surface area contributed by atoms with Gasteiger partial charge >= 0.3 is 0 Å². The number of halogens is 1. The zero-order chi connectivity index (χ0) is 17.6. The van der Waals surface area contributed by atoms with Crippen molar-refractivity contribution in [3.8, 4) is 0 Å². The number of benzene rings is 2. The fraction of sp³-hybridized carbons (Fsp3) is 0.381. The van der Waals surface area contributed by atoms with Gasteiger partial charge < -0.3 is 9.80 Å². The maximum absolute atomic E-state index is 12.9. The van der Waals surface area contributed by atoms with Crippen molar-refractivity contribution < 1.29 is 9.69 Å². The largest absolute Gasteiger partial charge is 0.341 e. The van der Waals surface area contributed by atoms with Crippen LogP contribution in [0.1, 0.15) is 24.0 Å². The van der Waals surface area contributed by atoms with Crippen LogP contribution >= 0.6 is 15.9 Å². The SMILES string of the molecule is CN(Cc1ccccc1)C(=O)[C@H]1CCC[NH+](Cc2ccccc2Br)C1. The van der Waals surface area contributed by atoms with Crippen molar-refractivity contribution in [3.63, 3.8) is 0 Å². The van der Waals surface area contributed by atoms with Crippen LogP contribution in [0.5, 0.6) is 0 Å². The lowest BCUT2D eigenvalue weighted by molar-refractivity contribution is -0.921. The molecule has 2 aromatic carbocycles.